The molecule has 1 aromatic heterocycles. The molecule has 1 heterocycles. The summed E-state index contributed by atoms with van der Waals surface area (Å²) in [6, 6.07) is 23.6. The molecule has 3 aromatic carbocycles. The third-order valence-corrected chi connectivity index (χ3v) is 7.64. The van der Waals surface area contributed by atoms with Gasteiger partial charge in [0.15, 0.2) is 11.5 Å². The maximum absolute atomic E-state index is 13.3. The van der Waals surface area contributed by atoms with Gasteiger partial charge in [-0.3, -0.25) is 4.79 Å². The van der Waals surface area contributed by atoms with Crippen LogP contribution in [-0.2, 0) is 19.4 Å². The maximum Gasteiger partial charge on any atom is 0.259 e. The largest absolute Gasteiger partial charge is 0.493 e. The lowest BCUT2D eigenvalue weighted by atomic mass is 9.95. The van der Waals surface area contributed by atoms with E-state index < -0.39 is 0 Å². The molecule has 0 saturated carbocycles. The first-order valence-corrected chi connectivity index (χ1v) is 13.3. The summed E-state index contributed by atoms with van der Waals surface area (Å²) < 4.78 is 11.6. The van der Waals surface area contributed by atoms with Crippen LogP contribution < -0.4 is 14.8 Å². The molecule has 37 heavy (non-hydrogen) atoms. The Bertz CT molecular complexity index is 1410. The van der Waals surface area contributed by atoms with E-state index in [0.29, 0.717) is 23.7 Å². The number of methoxy groups -OCH3 is 1. The van der Waals surface area contributed by atoms with Crippen molar-refractivity contribution in [2.75, 3.05) is 12.4 Å². The van der Waals surface area contributed by atoms with Crippen molar-refractivity contribution in [1.29, 1.82) is 0 Å². The zero-order valence-corrected chi connectivity index (χ0v) is 21.9. The van der Waals surface area contributed by atoms with Crippen LogP contribution in [0.5, 0.6) is 11.5 Å². The Morgan fingerprint density at radius 2 is 1.78 bits per heavy atom. The second-order valence-electron chi connectivity index (χ2n) is 9.15. The Morgan fingerprint density at radius 3 is 2.57 bits per heavy atom. The molecule has 0 bridgehead atoms. The van der Waals surface area contributed by atoms with Crippen molar-refractivity contribution in [3.63, 3.8) is 0 Å². The molecule has 0 aliphatic heterocycles. The minimum atomic E-state index is -0.102. The van der Waals surface area contributed by atoms with Crippen molar-refractivity contribution in [3.8, 4) is 11.5 Å². The van der Waals surface area contributed by atoms with Crippen LogP contribution in [-0.4, -0.2) is 19.2 Å². The molecule has 188 valence electrons. The summed E-state index contributed by atoms with van der Waals surface area (Å²) in [7, 11) is 1.63. The number of amides is 1. The second kappa shape index (κ2) is 11.4. The lowest BCUT2D eigenvalue weighted by Crippen LogP contribution is -2.14. The van der Waals surface area contributed by atoms with Gasteiger partial charge in [0, 0.05) is 16.8 Å². The van der Waals surface area contributed by atoms with E-state index in [9.17, 15) is 4.79 Å². The number of benzene rings is 3. The maximum atomic E-state index is 13.3. The number of rotatable bonds is 8. The Morgan fingerprint density at radius 1 is 1.00 bits per heavy atom. The van der Waals surface area contributed by atoms with Gasteiger partial charge in [-0.1, -0.05) is 48.0 Å². The van der Waals surface area contributed by atoms with Crippen molar-refractivity contribution in [1.82, 2.24) is 0 Å². The third kappa shape index (κ3) is 5.92. The van der Waals surface area contributed by atoms with Crippen LogP contribution in [0.3, 0.4) is 0 Å². The Kier molecular flexibility index (Phi) is 7.66. The van der Waals surface area contributed by atoms with Crippen LogP contribution in [0.2, 0.25) is 0 Å². The molecule has 1 N–H and O–H groups in total. The fourth-order valence-corrected chi connectivity index (χ4v) is 5.68. The highest BCUT2D eigenvalue weighted by Gasteiger charge is 2.25. The lowest BCUT2D eigenvalue weighted by molar-refractivity contribution is 0.102. The van der Waals surface area contributed by atoms with Crippen LogP contribution in [0.15, 0.2) is 77.8 Å². The average Bonchev–Trinajstić information content (AvgIpc) is 3.31. The molecule has 0 spiro atoms. The molecular formula is C31H30N2O3S. The predicted octanol–water partition coefficient (Wildman–Crippen LogP) is 7.53. The first-order chi connectivity index (χ1) is 18.1. The lowest BCUT2D eigenvalue weighted by Gasteiger charge is -2.13. The highest BCUT2D eigenvalue weighted by atomic mass is 32.1. The van der Waals surface area contributed by atoms with Gasteiger partial charge in [0.25, 0.3) is 5.91 Å². The molecule has 1 aliphatic rings. The molecule has 6 heteroatoms. The van der Waals surface area contributed by atoms with E-state index in [1.807, 2.05) is 48.5 Å². The normalized spacial score (nSPS) is 12.8. The number of fused-ring (bicyclic) bond motifs is 1. The number of ether oxygens (including phenoxy) is 2. The van der Waals surface area contributed by atoms with Crippen molar-refractivity contribution < 1.29 is 14.3 Å². The van der Waals surface area contributed by atoms with E-state index in [4.69, 9.17) is 14.5 Å². The number of anilines is 1. The van der Waals surface area contributed by atoms with Gasteiger partial charge in [-0.05, 0) is 79.6 Å². The molecule has 1 amide bonds. The van der Waals surface area contributed by atoms with Crippen LogP contribution in [0.1, 0.15) is 50.3 Å². The molecule has 0 saturated heterocycles. The van der Waals surface area contributed by atoms with Crippen molar-refractivity contribution in [3.05, 3.63) is 105 Å². The molecular weight excluding hydrogens is 480 g/mol. The number of carbonyl (C=O) groups is 1. The Labute approximate surface area is 221 Å². The molecule has 0 radical (unpaired) electrons. The molecule has 4 aromatic rings. The molecule has 5 rings (SSSR count). The first kappa shape index (κ1) is 24.8. The second-order valence-corrected chi connectivity index (χ2v) is 10.2. The summed E-state index contributed by atoms with van der Waals surface area (Å²) >= 11 is 1.63. The quantitative estimate of drug-likeness (QED) is 0.249. The van der Waals surface area contributed by atoms with Gasteiger partial charge in [0.1, 0.15) is 11.6 Å². The SMILES string of the molecule is COc1cc(C=Nc2sc3c(c2C(=O)Nc2ccccc2)CCCC3)ccc1OCc1ccc(C)cc1. The van der Waals surface area contributed by atoms with Gasteiger partial charge in [-0.2, -0.15) is 0 Å². The third-order valence-electron chi connectivity index (χ3n) is 6.44. The minimum Gasteiger partial charge on any atom is -0.493 e. The highest BCUT2D eigenvalue weighted by molar-refractivity contribution is 7.16. The van der Waals surface area contributed by atoms with Crippen LogP contribution >= 0.6 is 11.3 Å². The standard InChI is InChI=1S/C31H30N2O3S/c1-21-12-14-22(15-13-21)20-36-26-17-16-23(18-27(26)35-2)19-32-31-29(25-10-6-7-11-28(25)37-31)30(34)33-24-8-4-3-5-9-24/h3-5,8-9,12-19H,6-7,10-11,20H2,1-2H3,(H,33,34). The Balaban J connectivity index is 1.37. The van der Waals surface area contributed by atoms with Gasteiger partial charge in [-0.25, -0.2) is 4.99 Å². The number of nitrogens with one attached hydrogen (secondary N) is 1. The summed E-state index contributed by atoms with van der Waals surface area (Å²) in [6.07, 6.45) is 5.96. The van der Waals surface area contributed by atoms with E-state index in [1.165, 1.54) is 10.4 Å². The van der Waals surface area contributed by atoms with Crippen LogP contribution in [0, 0.1) is 6.92 Å². The van der Waals surface area contributed by atoms with Crippen LogP contribution in [0.4, 0.5) is 10.7 Å². The summed E-state index contributed by atoms with van der Waals surface area (Å²) in [6.45, 7) is 2.53. The summed E-state index contributed by atoms with van der Waals surface area (Å²) in [5, 5.41) is 3.80. The van der Waals surface area contributed by atoms with E-state index in [1.54, 1.807) is 24.7 Å². The topological polar surface area (TPSA) is 59.9 Å². The van der Waals surface area contributed by atoms with Crippen molar-refractivity contribution in [2.24, 2.45) is 4.99 Å². The zero-order valence-electron chi connectivity index (χ0n) is 21.1. The van der Waals surface area contributed by atoms with Crippen molar-refractivity contribution >= 4 is 34.1 Å². The number of para-hydroxylation sites is 1. The molecule has 5 nitrogen and oxygen atoms in total. The number of thiophene rings is 1. The molecule has 0 unspecified atom stereocenters. The smallest absolute Gasteiger partial charge is 0.259 e. The number of carbonyl (C=O) groups excluding carboxylic acids is 1. The zero-order chi connectivity index (χ0) is 25.6. The number of hydrogen-bond acceptors (Lipinski definition) is 5. The van der Waals surface area contributed by atoms with Crippen molar-refractivity contribution in [2.45, 2.75) is 39.2 Å². The van der Waals surface area contributed by atoms with Gasteiger partial charge in [0.05, 0.1) is 12.7 Å². The van der Waals surface area contributed by atoms with E-state index in [0.717, 1.165) is 53.1 Å². The number of aryl methyl sites for hydroxylation is 2. The Hall–Kier alpha value is -3.90. The van der Waals surface area contributed by atoms with Gasteiger partial charge < -0.3 is 14.8 Å². The number of nitrogens with zero attached hydrogens (tertiary/aromatic N) is 1. The first-order valence-electron chi connectivity index (χ1n) is 12.5. The molecule has 0 fully saturated rings. The minimum absolute atomic E-state index is 0.102. The summed E-state index contributed by atoms with van der Waals surface area (Å²) in [4.78, 5) is 19.4. The monoisotopic (exact) mass is 510 g/mol. The van der Waals surface area contributed by atoms with Crippen LogP contribution in [0.25, 0.3) is 0 Å². The van der Waals surface area contributed by atoms with E-state index in [-0.39, 0.29) is 5.91 Å². The fourth-order valence-electron chi connectivity index (χ4n) is 4.45. The fraction of sp³-hybridized carbons (Fsp3) is 0.226. The van der Waals surface area contributed by atoms with Gasteiger partial charge in [0.2, 0.25) is 0 Å². The summed E-state index contributed by atoms with van der Waals surface area (Å²) in [5.41, 5.74) is 5.82. The molecule has 1 aliphatic carbocycles. The molecule has 0 atom stereocenters. The highest BCUT2D eigenvalue weighted by Crippen LogP contribution is 2.40. The number of aliphatic imine (C=N–C) groups is 1. The van der Waals surface area contributed by atoms with Gasteiger partial charge >= 0.3 is 0 Å². The van der Waals surface area contributed by atoms with E-state index >= 15 is 0 Å². The summed E-state index contributed by atoms with van der Waals surface area (Å²) in [5.74, 6) is 1.22. The van der Waals surface area contributed by atoms with Gasteiger partial charge in [-0.15, -0.1) is 11.3 Å². The van der Waals surface area contributed by atoms with E-state index in [2.05, 4.69) is 36.5 Å². The predicted molar refractivity (Wildman–Crippen MR) is 151 cm³/mol. The number of hydrogen-bond donors (Lipinski definition) is 1. The average molecular weight is 511 g/mol.